The number of sulfonamides is 1. The number of aryl methyl sites for hydroxylation is 1. The number of nitro benzene ring substituents is 1. The Morgan fingerprint density at radius 2 is 1.84 bits per heavy atom. The summed E-state index contributed by atoms with van der Waals surface area (Å²) < 4.78 is 28.3. The Labute approximate surface area is 191 Å². The van der Waals surface area contributed by atoms with Gasteiger partial charge in [-0.05, 0) is 45.0 Å². The molecule has 4 rings (SSSR count). The van der Waals surface area contributed by atoms with Gasteiger partial charge in [-0.15, -0.1) is 0 Å². The molecule has 2 aromatic carbocycles. The van der Waals surface area contributed by atoms with E-state index in [1.54, 1.807) is 36.4 Å². The Hall–Kier alpha value is -2.82. The largest absolute Gasteiger partial charge is 0.297 e. The molecule has 0 atom stereocenters. The maximum absolute atomic E-state index is 12.9. The molecule has 0 bridgehead atoms. The van der Waals surface area contributed by atoms with Gasteiger partial charge in [0.1, 0.15) is 0 Å². The smallest absolute Gasteiger partial charge is 0.270 e. The zero-order chi connectivity index (χ0) is 22.7. The number of nitrogens with one attached hydrogen (secondary N) is 1. The lowest BCUT2D eigenvalue weighted by molar-refractivity contribution is -0.384. The Morgan fingerprint density at radius 1 is 1.12 bits per heavy atom. The number of piperidine rings is 1. The Morgan fingerprint density at radius 3 is 2.53 bits per heavy atom. The first-order valence-electron chi connectivity index (χ1n) is 10.4. The number of nitro groups is 1. The molecule has 0 spiro atoms. The molecule has 0 radical (unpaired) electrons. The average molecular weight is 473 g/mol. The second-order valence-electron chi connectivity index (χ2n) is 7.86. The van der Waals surface area contributed by atoms with Crippen LogP contribution in [0.25, 0.3) is 10.4 Å². The quantitative estimate of drug-likeness (QED) is 0.391. The van der Waals surface area contributed by atoms with E-state index >= 15 is 0 Å². The second kappa shape index (κ2) is 9.35. The number of aromatic nitrogens is 1. The summed E-state index contributed by atoms with van der Waals surface area (Å²) in [7, 11) is -3.79. The van der Waals surface area contributed by atoms with Gasteiger partial charge in [-0.2, -0.15) is 0 Å². The highest BCUT2D eigenvalue weighted by Gasteiger charge is 2.22. The molecule has 1 N–H and O–H groups in total. The summed E-state index contributed by atoms with van der Waals surface area (Å²) in [6.45, 7) is 4.37. The van der Waals surface area contributed by atoms with Gasteiger partial charge in [-0.1, -0.05) is 47.6 Å². The average Bonchev–Trinajstić information content (AvgIpc) is 3.16. The normalized spacial score (nSPS) is 14.9. The van der Waals surface area contributed by atoms with Crippen LogP contribution in [-0.4, -0.2) is 36.3 Å². The molecule has 8 nitrogen and oxygen atoms in total. The van der Waals surface area contributed by atoms with Gasteiger partial charge >= 0.3 is 0 Å². The van der Waals surface area contributed by atoms with Crippen LogP contribution in [0.2, 0.25) is 0 Å². The zero-order valence-corrected chi connectivity index (χ0v) is 19.3. The lowest BCUT2D eigenvalue weighted by atomic mass is 10.1. The Balaban J connectivity index is 1.69. The highest BCUT2D eigenvalue weighted by atomic mass is 32.2. The topological polar surface area (TPSA) is 105 Å². The van der Waals surface area contributed by atoms with Crippen LogP contribution in [0.3, 0.4) is 0 Å². The van der Waals surface area contributed by atoms with Crippen LogP contribution in [-0.2, 0) is 16.6 Å². The number of thiazole rings is 1. The SMILES string of the molecule is Cc1ccc(S(=O)(=O)Nc2nc(CN3CCCCC3)c(-c3cccc([N+](=O)[O-])c3)s2)cc1. The van der Waals surface area contributed by atoms with Gasteiger partial charge in [0.05, 0.1) is 20.4 Å². The molecule has 1 fully saturated rings. The molecule has 168 valence electrons. The number of likely N-dealkylation sites (tertiary alicyclic amines) is 1. The first kappa shape index (κ1) is 22.4. The highest BCUT2D eigenvalue weighted by molar-refractivity contribution is 7.93. The van der Waals surface area contributed by atoms with Gasteiger partial charge in [0.15, 0.2) is 5.13 Å². The van der Waals surface area contributed by atoms with Gasteiger partial charge in [0, 0.05) is 24.2 Å². The molecule has 1 aromatic heterocycles. The van der Waals surface area contributed by atoms with Crippen molar-refractivity contribution in [3.05, 3.63) is 69.9 Å². The van der Waals surface area contributed by atoms with E-state index in [1.165, 1.54) is 29.9 Å². The standard InChI is InChI=1S/C22H24N4O4S2/c1-16-8-10-19(11-9-16)32(29,30)24-22-23-20(15-25-12-3-2-4-13-25)21(31-22)17-6-5-7-18(14-17)26(27)28/h5-11,14H,2-4,12-13,15H2,1H3,(H,23,24). The van der Waals surface area contributed by atoms with Crippen LogP contribution in [0, 0.1) is 17.0 Å². The van der Waals surface area contributed by atoms with Crippen molar-refractivity contribution in [2.24, 2.45) is 0 Å². The predicted octanol–water partition coefficient (Wildman–Crippen LogP) is 4.81. The summed E-state index contributed by atoms with van der Waals surface area (Å²) in [6, 6.07) is 13.0. The number of hydrogen-bond donors (Lipinski definition) is 1. The molecular weight excluding hydrogens is 448 g/mol. The number of benzene rings is 2. The van der Waals surface area contributed by atoms with Crippen LogP contribution in [0.15, 0.2) is 53.4 Å². The fraction of sp³-hybridized carbons (Fsp3) is 0.318. The highest BCUT2D eigenvalue weighted by Crippen LogP contribution is 2.36. The van der Waals surface area contributed by atoms with Crippen LogP contribution >= 0.6 is 11.3 Å². The molecule has 1 saturated heterocycles. The Kier molecular flexibility index (Phi) is 6.54. The number of hydrogen-bond acceptors (Lipinski definition) is 7. The number of nitrogens with zero attached hydrogens (tertiary/aromatic N) is 3. The summed E-state index contributed by atoms with van der Waals surface area (Å²) in [6.07, 6.45) is 3.43. The first-order chi connectivity index (χ1) is 15.3. The summed E-state index contributed by atoms with van der Waals surface area (Å²) >= 11 is 1.20. The number of anilines is 1. The van der Waals surface area contributed by atoms with Crippen molar-refractivity contribution < 1.29 is 13.3 Å². The van der Waals surface area contributed by atoms with E-state index in [1.807, 2.05) is 6.92 Å². The molecule has 1 aliphatic heterocycles. The third-order valence-electron chi connectivity index (χ3n) is 5.39. The van der Waals surface area contributed by atoms with E-state index < -0.39 is 14.9 Å². The van der Waals surface area contributed by atoms with E-state index in [0.29, 0.717) is 12.1 Å². The van der Waals surface area contributed by atoms with Crippen molar-refractivity contribution in [1.82, 2.24) is 9.88 Å². The van der Waals surface area contributed by atoms with Gasteiger partial charge < -0.3 is 0 Å². The Bertz CT molecular complexity index is 1220. The molecular formula is C22H24N4O4S2. The zero-order valence-electron chi connectivity index (χ0n) is 17.7. The van der Waals surface area contributed by atoms with Gasteiger partial charge in [0.25, 0.3) is 15.7 Å². The summed E-state index contributed by atoms with van der Waals surface area (Å²) in [5.41, 5.74) is 2.33. The lowest BCUT2D eigenvalue weighted by Crippen LogP contribution is -2.29. The summed E-state index contributed by atoms with van der Waals surface area (Å²) in [4.78, 5) is 18.6. The van der Waals surface area contributed by atoms with Gasteiger partial charge in [0.2, 0.25) is 0 Å². The number of rotatable bonds is 7. The predicted molar refractivity (Wildman–Crippen MR) is 125 cm³/mol. The lowest BCUT2D eigenvalue weighted by Gasteiger charge is -2.25. The van der Waals surface area contributed by atoms with Crippen molar-refractivity contribution in [2.45, 2.75) is 37.6 Å². The maximum atomic E-state index is 12.9. The minimum absolute atomic E-state index is 0.0124. The van der Waals surface area contributed by atoms with E-state index in [4.69, 9.17) is 0 Å². The molecule has 0 aliphatic carbocycles. The second-order valence-corrected chi connectivity index (χ2v) is 10.5. The molecule has 3 aromatic rings. The maximum Gasteiger partial charge on any atom is 0.270 e. The summed E-state index contributed by atoms with van der Waals surface area (Å²) in [5, 5.41) is 11.5. The third-order valence-corrected chi connectivity index (χ3v) is 7.94. The fourth-order valence-electron chi connectivity index (χ4n) is 3.71. The van der Waals surface area contributed by atoms with Crippen molar-refractivity contribution in [2.75, 3.05) is 17.8 Å². The monoisotopic (exact) mass is 472 g/mol. The first-order valence-corrected chi connectivity index (χ1v) is 12.7. The van der Waals surface area contributed by atoms with Crippen molar-refractivity contribution in [1.29, 1.82) is 0 Å². The molecule has 0 unspecified atom stereocenters. The third kappa shape index (κ3) is 5.14. The molecule has 10 heteroatoms. The van der Waals surface area contributed by atoms with E-state index in [-0.39, 0.29) is 15.7 Å². The number of non-ortho nitro benzene ring substituents is 1. The van der Waals surface area contributed by atoms with Crippen molar-refractivity contribution >= 4 is 32.2 Å². The molecule has 2 heterocycles. The van der Waals surface area contributed by atoms with Crippen molar-refractivity contribution in [3.63, 3.8) is 0 Å². The van der Waals surface area contributed by atoms with Crippen LogP contribution in [0.4, 0.5) is 10.8 Å². The van der Waals surface area contributed by atoms with E-state index in [2.05, 4.69) is 14.6 Å². The van der Waals surface area contributed by atoms with Gasteiger partial charge in [-0.25, -0.2) is 13.4 Å². The molecule has 0 saturated carbocycles. The van der Waals surface area contributed by atoms with Crippen LogP contribution in [0.1, 0.15) is 30.5 Å². The van der Waals surface area contributed by atoms with E-state index in [0.717, 1.165) is 42.1 Å². The fourth-order valence-corrected chi connectivity index (χ4v) is 5.91. The molecule has 32 heavy (non-hydrogen) atoms. The minimum atomic E-state index is -3.79. The minimum Gasteiger partial charge on any atom is -0.297 e. The van der Waals surface area contributed by atoms with Crippen LogP contribution in [0.5, 0.6) is 0 Å². The van der Waals surface area contributed by atoms with Crippen LogP contribution < -0.4 is 4.72 Å². The van der Waals surface area contributed by atoms with E-state index in [9.17, 15) is 18.5 Å². The summed E-state index contributed by atoms with van der Waals surface area (Å²) in [5.74, 6) is 0. The van der Waals surface area contributed by atoms with Crippen molar-refractivity contribution in [3.8, 4) is 10.4 Å². The van der Waals surface area contributed by atoms with Gasteiger partial charge in [-0.3, -0.25) is 19.7 Å². The molecule has 0 amide bonds. The molecule has 1 aliphatic rings.